The summed E-state index contributed by atoms with van der Waals surface area (Å²) in [5.74, 6) is 0.332. The minimum absolute atomic E-state index is 0.166. The molecular formula is C10H19BrO2. The number of halogens is 1. The minimum Gasteiger partial charge on any atom is -0.459 e. The van der Waals surface area contributed by atoms with E-state index in [9.17, 15) is 4.79 Å². The molecule has 0 fully saturated rings. The highest BCUT2D eigenvalue weighted by molar-refractivity contribution is 9.10. The first-order valence-electron chi connectivity index (χ1n) is 4.59. The summed E-state index contributed by atoms with van der Waals surface area (Å²) in [6.45, 7) is 9.79. The van der Waals surface area contributed by atoms with Crippen LogP contribution in [0.3, 0.4) is 0 Å². The molecule has 0 amide bonds. The van der Waals surface area contributed by atoms with Gasteiger partial charge < -0.3 is 4.74 Å². The predicted molar refractivity (Wildman–Crippen MR) is 58.0 cm³/mol. The van der Waals surface area contributed by atoms with E-state index in [1.165, 1.54) is 0 Å². The molecule has 0 aromatic carbocycles. The van der Waals surface area contributed by atoms with Gasteiger partial charge in [-0.05, 0) is 33.1 Å². The van der Waals surface area contributed by atoms with Crippen molar-refractivity contribution in [2.75, 3.05) is 0 Å². The molecule has 0 aliphatic heterocycles. The largest absolute Gasteiger partial charge is 0.459 e. The maximum atomic E-state index is 11.4. The van der Waals surface area contributed by atoms with E-state index in [2.05, 4.69) is 29.8 Å². The number of hydrogen-bond donors (Lipinski definition) is 0. The van der Waals surface area contributed by atoms with Gasteiger partial charge in [-0.2, -0.15) is 0 Å². The Labute approximate surface area is 89.2 Å². The molecule has 0 unspecified atom stereocenters. The molecule has 78 valence electrons. The van der Waals surface area contributed by atoms with E-state index in [1.54, 1.807) is 0 Å². The van der Waals surface area contributed by atoms with Gasteiger partial charge in [0.25, 0.3) is 0 Å². The van der Waals surface area contributed by atoms with Crippen LogP contribution in [0.25, 0.3) is 0 Å². The van der Waals surface area contributed by atoms with Gasteiger partial charge in [0, 0.05) is 0 Å². The third-order valence-electron chi connectivity index (χ3n) is 1.34. The summed E-state index contributed by atoms with van der Waals surface area (Å²) in [4.78, 5) is 11.3. The van der Waals surface area contributed by atoms with Crippen molar-refractivity contribution in [3.8, 4) is 0 Å². The molecule has 0 rings (SSSR count). The highest BCUT2D eigenvalue weighted by Crippen LogP contribution is 2.17. The van der Waals surface area contributed by atoms with Gasteiger partial charge in [0.2, 0.25) is 0 Å². The van der Waals surface area contributed by atoms with Gasteiger partial charge in [-0.25, -0.2) is 0 Å². The van der Waals surface area contributed by atoms with Gasteiger partial charge in [0.1, 0.15) is 10.4 Å². The van der Waals surface area contributed by atoms with E-state index >= 15 is 0 Å². The second-order valence-corrected chi connectivity index (χ2v) is 5.74. The summed E-state index contributed by atoms with van der Waals surface area (Å²) in [5, 5.41) is 0. The Morgan fingerprint density at radius 1 is 1.38 bits per heavy atom. The zero-order valence-corrected chi connectivity index (χ0v) is 10.6. The average Bonchev–Trinajstić information content (AvgIpc) is 1.81. The quantitative estimate of drug-likeness (QED) is 0.569. The second-order valence-electron chi connectivity index (χ2n) is 4.63. The third-order valence-corrected chi connectivity index (χ3v) is 2.09. The van der Waals surface area contributed by atoms with E-state index in [0.717, 1.165) is 6.42 Å². The van der Waals surface area contributed by atoms with Crippen molar-refractivity contribution in [2.45, 2.75) is 51.5 Å². The number of alkyl halides is 1. The Balaban J connectivity index is 3.97. The molecule has 0 heterocycles. The number of ether oxygens (including phenoxy) is 1. The van der Waals surface area contributed by atoms with Gasteiger partial charge in [-0.1, -0.05) is 29.8 Å². The Morgan fingerprint density at radius 3 is 2.15 bits per heavy atom. The fraction of sp³-hybridized carbons (Fsp3) is 0.900. The maximum absolute atomic E-state index is 11.4. The van der Waals surface area contributed by atoms with Crippen LogP contribution < -0.4 is 0 Å². The van der Waals surface area contributed by atoms with Crippen molar-refractivity contribution >= 4 is 21.9 Å². The van der Waals surface area contributed by atoms with E-state index in [4.69, 9.17) is 4.74 Å². The number of hydrogen-bond acceptors (Lipinski definition) is 2. The fourth-order valence-corrected chi connectivity index (χ4v) is 1.72. The van der Waals surface area contributed by atoms with Crippen LogP contribution in [-0.2, 0) is 9.53 Å². The van der Waals surface area contributed by atoms with Crippen LogP contribution in [0.2, 0.25) is 0 Å². The Bertz CT molecular complexity index is 170. The molecule has 2 nitrogen and oxygen atoms in total. The number of rotatable bonds is 3. The normalized spacial score (nSPS) is 14.4. The lowest BCUT2D eigenvalue weighted by atomic mass is 10.1. The lowest BCUT2D eigenvalue weighted by molar-refractivity contribution is -0.154. The summed E-state index contributed by atoms with van der Waals surface area (Å²) < 4.78 is 5.21. The zero-order valence-electron chi connectivity index (χ0n) is 9.06. The number of esters is 1. The lowest BCUT2D eigenvalue weighted by Crippen LogP contribution is -2.29. The highest BCUT2D eigenvalue weighted by atomic mass is 79.9. The smallest absolute Gasteiger partial charge is 0.320 e. The molecule has 0 aliphatic rings. The van der Waals surface area contributed by atoms with Crippen molar-refractivity contribution in [3.63, 3.8) is 0 Å². The van der Waals surface area contributed by atoms with Crippen LogP contribution in [0.15, 0.2) is 0 Å². The monoisotopic (exact) mass is 250 g/mol. The van der Waals surface area contributed by atoms with Gasteiger partial charge in [-0.15, -0.1) is 0 Å². The third kappa shape index (κ3) is 7.05. The zero-order chi connectivity index (χ0) is 10.6. The molecule has 0 saturated carbocycles. The summed E-state index contributed by atoms with van der Waals surface area (Å²) in [6.07, 6.45) is 0.814. The van der Waals surface area contributed by atoms with Gasteiger partial charge >= 0.3 is 5.97 Å². The van der Waals surface area contributed by atoms with Crippen molar-refractivity contribution < 1.29 is 9.53 Å². The molecule has 0 aliphatic carbocycles. The molecule has 0 spiro atoms. The molecule has 0 aromatic rings. The lowest BCUT2D eigenvalue weighted by Gasteiger charge is -2.22. The Morgan fingerprint density at radius 2 is 1.85 bits per heavy atom. The van der Waals surface area contributed by atoms with Crippen LogP contribution in [0.5, 0.6) is 0 Å². The molecular weight excluding hydrogens is 232 g/mol. The molecule has 0 radical (unpaired) electrons. The van der Waals surface area contributed by atoms with E-state index in [0.29, 0.717) is 5.92 Å². The first-order chi connectivity index (χ1) is 5.72. The first kappa shape index (κ1) is 12.9. The van der Waals surface area contributed by atoms with Crippen LogP contribution in [0, 0.1) is 5.92 Å². The van der Waals surface area contributed by atoms with Gasteiger partial charge in [-0.3, -0.25) is 4.79 Å². The average molecular weight is 251 g/mol. The summed E-state index contributed by atoms with van der Waals surface area (Å²) in [5.41, 5.74) is -0.389. The van der Waals surface area contributed by atoms with E-state index in [1.807, 2.05) is 20.8 Å². The minimum atomic E-state index is -0.389. The molecule has 3 heteroatoms. The standard InChI is InChI=1S/C10H19BrO2/c1-7(2)6-8(11)9(12)13-10(3,4)5/h7-8H,6H2,1-5H3/t8-/m1/s1. The summed E-state index contributed by atoms with van der Waals surface area (Å²) in [6, 6.07) is 0. The summed E-state index contributed by atoms with van der Waals surface area (Å²) in [7, 11) is 0. The molecule has 13 heavy (non-hydrogen) atoms. The Hall–Kier alpha value is -0.0500. The summed E-state index contributed by atoms with van der Waals surface area (Å²) >= 11 is 3.32. The van der Waals surface area contributed by atoms with Gasteiger partial charge in [0.05, 0.1) is 0 Å². The maximum Gasteiger partial charge on any atom is 0.320 e. The molecule has 0 N–H and O–H groups in total. The van der Waals surface area contributed by atoms with E-state index < -0.39 is 0 Å². The van der Waals surface area contributed by atoms with Crippen LogP contribution >= 0.6 is 15.9 Å². The molecule has 0 saturated heterocycles. The second kappa shape index (κ2) is 4.99. The predicted octanol–water partition coefficient (Wildman–Crippen LogP) is 3.14. The number of carbonyl (C=O) groups excluding carboxylic acids is 1. The van der Waals surface area contributed by atoms with Crippen molar-refractivity contribution in [2.24, 2.45) is 5.92 Å². The van der Waals surface area contributed by atoms with Crippen LogP contribution in [-0.4, -0.2) is 16.4 Å². The SMILES string of the molecule is CC(C)C[C@@H](Br)C(=O)OC(C)(C)C. The van der Waals surface area contributed by atoms with Crippen molar-refractivity contribution in [1.82, 2.24) is 0 Å². The van der Waals surface area contributed by atoms with Crippen molar-refractivity contribution in [3.05, 3.63) is 0 Å². The highest BCUT2D eigenvalue weighted by Gasteiger charge is 2.23. The molecule has 0 aromatic heterocycles. The molecule has 0 bridgehead atoms. The van der Waals surface area contributed by atoms with Crippen molar-refractivity contribution in [1.29, 1.82) is 0 Å². The first-order valence-corrected chi connectivity index (χ1v) is 5.51. The molecule has 1 atom stereocenters. The Kier molecular flexibility index (Phi) is 4.97. The van der Waals surface area contributed by atoms with Crippen LogP contribution in [0.1, 0.15) is 41.0 Å². The van der Waals surface area contributed by atoms with Crippen LogP contribution in [0.4, 0.5) is 0 Å². The number of carbonyl (C=O) groups is 1. The fourth-order valence-electron chi connectivity index (χ4n) is 0.876. The topological polar surface area (TPSA) is 26.3 Å². The van der Waals surface area contributed by atoms with Gasteiger partial charge in [0.15, 0.2) is 0 Å². The van der Waals surface area contributed by atoms with E-state index in [-0.39, 0.29) is 16.4 Å².